The lowest BCUT2D eigenvalue weighted by Gasteiger charge is -2.31. The molecule has 4 heterocycles. The first-order valence-corrected chi connectivity index (χ1v) is 35.9. The van der Waals surface area contributed by atoms with Crippen LogP contribution in [0.2, 0.25) is 0 Å². The van der Waals surface area contributed by atoms with Crippen LogP contribution in [0.4, 0.5) is 0 Å². The van der Waals surface area contributed by atoms with Gasteiger partial charge in [0.15, 0.2) is 0 Å². The molecule has 8 rings (SSSR count). The Balaban J connectivity index is 0.000000247. The monoisotopic (exact) mass is 1410 g/mol. The molecule has 26 nitrogen and oxygen atoms in total. The van der Waals surface area contributed by atoms with Gasteiger partial charge in [-0.3, -0.25) is 49.5 Å². The van der Waals surface area contributed by atoms with Gasteiger partial charge in [0, 0.05) is 37.3 Å². The number of fused-ring (bicyclic) bond motifs is 1. The minimum Gasteiger partial charge on any atom is -0.480 e. The van der Waals surface area contributed by atoms with E-state index in [0.717, 1.165) is 48.8 Å². The molecule has 5 fully saturated rings. The highest BCUT2D eigenvalue weighted by Gasteiger charge is 2.50. The van der Waals surface area contributed by atoms with E-state index >= 15 is 0 Å². The van der Waals surface area contributed by atoms with Gasteiger partial charge in [0.05, 0.1) is 31.3 Å². The van der Waals surface area contributed by atoms with Crippen molar-refractivity contribution >= 4 is 78.0 Å². The van der Waals surface area contributed by atoms with E-state index in [1.54, 1.807) is 39.5 Å². The molecular formula is C73H106N8O18S. The molecule has 0 bridgehead atoms. The summed E-state index contributed by atoms with van der Waals surface area (Å²) in [5.41, 5.74) is 8.77. The normalized spacial score (nSPS) is 21.1. The molecule has 13 atom stereocenters. The third kappa shape index (κ3) is 25.3. The highest BCUT2D eigenvalue weighted by molar-refractivity contribution is 7.80. The van der Waals surface area contributed by atoms with Gasteiger partial charge in [-0.05, 0) is 166 Å². The Morgan fingerprint density at radius 3 is 1.27 bits per heavy atom. The number of esters is 2. The number of hydrogen-bond acceptors (Lipinski definition) is 18. The molecule has 5 aliphatic rings. The van der Waals surface area contributed by atoms with Gasteiger partial charge in [-0.2, -0.15) is 12.6 Å². The molecule has 0 spiro atoms. The fraction of sp³-hybridized carbons (Fsp3) is 0.603. The second-order valence-electron chi connectivity index (χ2n) is 26.1. The minimum atomic E-state index is -1.02. The van der Waals surface area contributed by atoms with Crippen molar-refractivity contribution in [2.24, 2.45) is 17.6 Å². The van der Waals surface area contributed by atoms with Gasteiger partial charge in [-0.15, -0.1) is 0 Å². The number of amides is 4. The van der Waals surface area contributed by atoms with Crippen molar-refractivity contribution in [3.63, 3.8) is 0 Å². The zero-order valence-electron chi connectivity index (χ0n) is 58.4. The van der Waals surface area contributed by atoms with Crippen LogP contribution in [0, 0.1) is 11.8 Å². The number of hydrogen-bond donors (Lipinski definition) is 10. The van der Waals surface area contributed by atoms with E-state index in [9.17, 15) is 73.2 Å². The molecule has 4 saturated heterocycles. The summed E-state index contributed by atoms with van der Waals surface area (Å²) >= 11 is 4.03. The summed E-state index contributed by atoms with van der Waals surface area (Å²) in [5.74, 6) is -6.10. The fourth-order valence-corrected chi connectivity index (χ4v) is 13.8. The summed E-state index contributed by atoms with van der Waals surface area (Å²) in [7, 11) is 0. The first-order valence-electron chi connectivity index (χ1n) is 35.3. The van der Waals surface area contributed by atoms with Crippen LogP contribution in [0.3, 0.4) is 0 Å². The number of carboxylic acid groups (broad SMARTS) is 5. The Hall–Kier alpha value is -7.98. The smallest absolute Gasteiger partial charge is 0.326 e. The van der Waals surface area contributed by atoms with Crippen molar-refractivity contribution in [1.82, 2.24) is 35.6 Å². The molecule has 3 aromatic carbocycles. The number of nitrogens with two attached hydrogens (primary N) is 1. The SMILES string of the molecule is CCOC(=O)[C@H](CCc1ccccc1)N[C@@H](C)C(=O)N1CCC[C@H]1C(=O)O.CCOC(=O)[C@H](CCc1ccccc1)N[C@@H](C)C(=O)N1[C@H](C(=O)O)C[C@@H]2CCC[C@@H]21.C[C@H](CS)C(=O)N1CCC[C@H]1C(=O)O.NCCCC[C@H](N[C@@H](CCc1ccccc1)C(=O)O)C(=O)N1CCC[C@H]1C(=O)O. The fourth-order valence-electron chi connectivity index (χ4n) is 13.7. The summed E-state index contributed by atoms with van der Waals surface area (Å²) in [6, 6.07) is 21.9. The number of rotatable bonds is 33. The summed E-state index contributed by atoms with van der Waals surface area (Å²) in [6.45, 7) is 11.0. The molecule has 1 saturated carbocycles. The van der Waals surface area contributed by atoms with Gasteiger partial charge in [-0.25, -0.2) is 19.2 Å². The molecule has 27 heteroatoms. The third-order valence-electron chi connectivity index (χ3n) is 19.0. The highest BCUT2D eigenvalue weighted by atomic mass is 32.1. The number of carbonyl (C=O) groups excluding carboxylic acids is 6. The molecule has 0 aromatic heterocycles. The molecule has 0 radical (unpaired) electrons. The summed E-state index contributed by atoms with van der Waals surface area (Å²) in [5, 5.41) is 56.0. The van der Waals surface area contributed by atoms with Crippen LogP contribution >= 0.6 is 12.6 Å². The van der Waals surface area contributed by atoms with E-state index in [1.165, 1.54) is 14.7 Å². The minimum absolute atomic E-state index is 0.00629. The molecule has 0 unspecified atom stereocenters. The number of nitrogens with one attached hydrogen (secondary N) is 3. The molecule has 1 aliphatic carbocycles. The lowest BCUT2D eigenvalue weighted by Crippen LogP contribution is -2.55. The van der Waals surface area contributed by atoms with E-state index in [-0.39, 0.29) is 60.7 Å². The van der Waals surface area contributed by atoms with Gasteiger partial charge in [0.2, 0.25) is 23.6 Å². The van der Waals surface area contributed by atoms with Crippen LogP contribution in [0.5, 0.6) is 0 Å². The Bertz CT molecular complexity index is 3120. The zero-order chi connectivity index (χ0) is 73.4. The number of thiol groups is 1. The predicted octanol–water partition coefficient (Wildman–Crippen LogP) is 5.85. The van der Waals surface area contributed by atoms with Gasteiger partial charge in [0.25, 0.3) is 0 Å². The molecular weight excluding hydrogens is 1310 g/mol. The number of aliphatic carboxylic acids is 5. The van der Waals surface area contributed by atoms with Crippen molar-refractivity contribution in [2.45, 2.75) is 223 Å². The average molecular weight is 1420 g/mol. The van der Waals surface area contributed by atoms with Crippen molar-refractivity contribution in [3.05, 3.63) is 108 Å². The highest BCUT2D eigenvalue weighted by Crippen LogP contribution is 2.42. The van der Waals surface area contributed by atoms with Crippen LogP contribution in [0.15, 0.2) is 91.0 Å². The number of ether oxygens (including phenoxy) is 2. The number of likely N-dealkylation sites (tertiary alicyclic amines) is 4. The Labute approximate surface area is 592 Å². The van der Waals surface area contributed by atoms with Crippen molar-refractivity contribution in [1.29, 1.82) is 0 Å². The maximum Gasteiger partial charge on any atom is 0.326 e. The second-order valence-corrected chi connectivity index (χ2v) is 26.5. The van der Waals surface area contributed by atoms with E-state index in [1.807, 2.05) is 91.0 Å². The maximum atomic E-state index is 13.2. The molecule has 4 amide bonds. The number of carboxylic acids is 5. The number of benzene rings is 3. The largest absolute Gasteiger partial charge is 0.480 e. The third-order valence-corrected chi connectivity index (χ3v) is 19.5. The Morgan fingerprint density at radius 1 is 0.480 bits per heavy atom. The van der Waals surface area contributed by atoms with E-state index in [0.29, 0.717) is 122 Å². The zero-order valence-corrected chi connectivity index (χ0v) is 59.3. The Morgan fingerprint density at radius 2 is 0.880 bits per heavy atom. The van der Waals surface area contributed by atoms with Crippen molar-refractivity contribution in [2.75, 3.05) is 45.1 Å². The lowest BCUT2D eigenvalue weighted by molar-refractivity contribution is -0.151. The summed E-state index contributed by atoms with van der Waals surface area (Å²) in [4.78, 5) is 138. The van der Waals surface area contributed by atoms with Gasteiger partial charge >= 0.3 is 41.8 Å². The first-order chi connectivity index (χ1) is 47.9. The quantitative estimate of drug-likeness (QED) is 0.0194. The number of unbranched alkanes of at least 4 members (excludes halogenated alkanes) is 1. The average Bonchev–Trinajstić information content (AvgIpc) is 1.62. The summed E-state index contributed by atoms with van der Waals surface area (Å²) < 4.78 is 10.3. The lowest BCUT2D eigenvalue weighted by atomic mass is 10.0. The molecule has 3 aromatic rings. The first kappa shape index (κ1) is 82.7. The van der Waals surface area contributed by atoms with Crippen molar-refractivity contribution < 1.29 is 87.7 Å². The topological polar surface area (TPSA) is 382 Å². The standard InChI is InChI=1S/C23H32N2O5.C21H31N3O5.C20H28N2O5.C9H15NO3S/c1-3-30-23(29)18(13-12-16-8-5-4-6-9-16)24-15(2)21(26)25-19-11-7-10-17(19)14-20(25)22(27)28;22-13-5-4-9-16(19(25)24-14-6-10-18(24)21(28)29)23-17(20(26)27)12-11-15-7-2-1-3-8-15;1-3-27-20(26)16(12-11-15-8-5-4-6-9-15)21-14(2)18(23)22-13-7-10-17(22)19(24)25;1-6(5-14)8(11)10-4-2-3-7(10)9(12)13/h4-6,8-9,15,17-20,24H,3,7,10-14H2,1-2H3,(H,27,28);1-3,7-8,16-18,23H,4-6,9-14,22H2,(H,26,27)(H,28,29);4-6,8-9,14,16-17,21H,3,7,10-13H2,1-2H3,(H,24,25);6-7,14H,2-5H2,1H3,(H,12,13)/t15-,17-,18-,19-,20-;16-,17-,18-;14-,16-,17-;6-,7+/m0001/s1. The van der Waals surface area contributed by atoms with Crippen LogP contribution in [-0.4, -0.2) is 222 Å². The molecule has 100 heavy (non-hydrogen) atoms. The van der Waals surface area contributed by atoms with Crippen LogP contribution in [-0.2, 0) is 81.5 Å². The second kappa shape index (κ2) is 43.0. The number of aryl methyl sites for hydroxylation is 3. The number of carbonyl (C=O) groups is 11. The van der Waals surface area contributed by atoms with E-state index < -0.39 is 96.2 Å². The van der Waals surface area contributed by atoms with E-state index in [2.05, 4.69) is 28.6 Å². The number of nitrogens with zero attached hydrogens (tertiary/aromatic N) is 4. The van der Waals surface area contributed by atoms with Crippen molar-refractivity contribution in [3.8, 4) is 0 Å². The maximum absolute atomic E-state index is 13.2. The van der Waals surface area contributed by atoms with Gasteiger partial charge < -0.3 is 60.3 Å². The molecule has 4 aliphatic heterocycles. The Kier molecular flexibility index (Phi) is 35.5. The molecule has 10 N–H and O–H groups in total. The van der Waals surface area contributed by atoms with E-state index in [4.69, 9.17) is 20.3 Å². The predicted molar refractivity (Wildman–Crippen MR) is 376 cm³/mol. The van der Waals surface area contributed by atoms with Gasteiger partial charge in [-0.1, -0.05) is 111 Å². The van der Waals surface area contributed by atoms with Crippen LogP contribution in [0.1, 0.15) is 154 Å². The van der Waals surface area contributed by atoms with Crippen LogP contribution < -0.4 is 21.7 Å². The van der Waals surface area contributed by atoms with Crippen LogP contribution in [0.25, 0.3) is 0 Å². The molecule has 552 valence electrons. The summed E-state index contributed by atoms with van der Waals surface area (Å²) in [6.07, 6.45) is 11.9. The van der Waals surface area contributed by atoms with Gasteiger partial charge in [0.1, 0.15) is 42.3 Å².